The van der Waals surface area contributed by atoms with E-state index >= 15 is 0 Å². The summed E-state index contributed by atoms with van der Waals surface area (Å²) in [4.78, 5) is 9.19. The second-order valence-electron chi connectivity index (χ2n) is 7.33. The quantitative estimate of drug-likeness (QED) is 0.512. The fraction of sp³-hybridized carbons (Fsp3) is 0.333. The SMILES string of the molecule is C.Fc1cccc(CNc2cccc(-c3cc(C[C@@H]4CCCOC4)ncc3Cl)n2)c1. The molecule has 0 aliphatic carbocycles. The molecule has 1 fully saturated rings. The van der Waals surface area contributed by atoms with Gasteiger partial charge in [0.2, 0.25) is 0 Å². The van der Waals surface area contributed by atoms with Crippen LogP contribution in [0.5, 0.6) is 0 Å². The molecule has 4 nitrogen and oxygen atoms in total. The van der Waals surface area contributed by atoms with Gasteiger partial charge in [-0.05, 0) is 61.1 Å². The number of aromatic nitrogens is 2. The highest BCUT2D eigenvalue weighted by atomic mass is 35.5. The minimum atomic E-state index is -0.245. The van der Waals surface area contributed by atoms with Crippen LogP contribution in [0.4, 0.5) is 10.2 Å². The van der Waals surface area contributed by atoms with E-state index in [1.807, 2.05) is 30.3 Å². The smallest absolute Gasteiger partial charge is 0.126 e. The van der Waals surface area contributed by atoms with Crippen molar-refractivity contribution in [2.45, 2.75) is 33.2 Å². The van der Waals surface area contributed by atoms with Crippen molar-refractivity contribution in [2.24, 2.45) is 5.92 Å². The Morgan fingerprint density at radius 1 is 1.17 bits per heavy atom. The van der Waals surface area contributed by atoms with Gasteiger partial charge in [0.1, 0.15) is 11.6 Å². The van der Waals surface area contributed by atoms with E-state index < -0.39 is 0 Å². The van der Waals surface area contributed by atoms with Crippen LogP contribution in [-0.2, 0) is 17.7 Å². The zero-order chi connectivity index (χ0) is 20.1. The third-order valence-electron chi connectivity index (χ3n) is 5.05. The zero-order valence-electron chi connectivity index (χ0n) is 16.1. The van der Waals surface area contributed by atoms with Gasteiger partial charge in [0.15, 0.2) is 0 Å². The Bertz CT molecular complexity index is 976. The molecule has 0 unspecified atom stereocenters. The van der Waals surface area contributed by atoms with Gasteiger partial charge in [-0.3, -0.25) is 4.98 Å². The van der Waals surface area contributed by atoms with Crippen molar-refractivity contribution in [1.29, 1.82) is 0 Å². The highest BCUT2D eigenvalue weighted by Crippen LogP contribution is 2.29. The fourth-order valence-electron chi connectivity index (χ4n) is 3.58. The van der Waals surface area contributed by atoms with Crippen LogP contribution in [0.2, 0.25) is 5.02 Å². The lowest BCUT2D eigenvalue weighted by molar-refractivity contribution is 0.0547. The van der Waals surface area contributed by atoms with Gasteiger partial charge in [0, 0.05) is 37.2 Å². The normalized spacial score (nSPS) is 16.0. The summed E-state index contributed by atoms with van der Waals surface area (Å²) >= 11 is 6.43. The molecule has 158 valence electrons. The Morgan fingerprint density at radius 3 is 2.83 bits per heavy atom. The Morgan fingerprint density at radius 2 is 2.03 bits per heavy atom. The molecule has 0 radical (unpaired) electrons. The maximum Gasteiger partial charge on any atom is 0.126 e. The summed E-state index contributed by atoms with van der Waals surface area (Å²) in [5.41, 5.74) is 3.50. The Labute approximate surface area is 182 Å². The lowest BCUT2D eigenvalue weighted by Gasteiger charge is -2.21. The molecule has 1 atom stereocenters. The maximum atomic E-state index is 13.4. The van der Waals surface area contributed by atoms with Crippen LogP contribution in [0, 0.1) is 11.7 Å². The Hall–Kier alpha value is -2.50. The Balaban J connectivity index is 0.00000256. The standard InChI is InChI=1S/C23H23ClFN3O.CH4/c24-21-14-26-19(11-17-5-3-9-29-15-17)12-20(21)22-7-2-8-23(28-22)27-13-16-4-1-6-18(25)10-16;/h1-2,4,6-8,10,12,14,17H,3,5,9,11,13,15H2,(H,27,28);1H4/t17-;/m0./s1. The summed E-state index contributed by atoms with van der Waals surface area (Å²) in [5, 5.41) is 3.82. The molecule has 1 aliphatic rings. The van der Waals surface area contributed by atoms with E-state index in [2.05, 4.69) is 15.3 Å². The average Bonchev–Trinajstić information content (AvgIpc) is 2.75. The van der Waals surface area contributed by atoms with E-state index in [0.717, 1.165) is 55.0 Å². The van der Waals surface area contributed by atoms with Crippen LogP contribution in [0.3, 0.4) is 0 Å². The molecule has 0 amide bonds. The lowest BCUT2D eigenvalue weighted by atomic mass is 9.96. The summed E-state index contributed by atoms with van der Waals surface area (Å²) in [7, 11) is 0. The number of pyridine rings is 2. The predicted molar refractivity (Wildman–Crippen MR) is 120 cm³/mol. The zero-order valence-corrected chi connectivity index (χ0v) is 16.8. The minimum Gasteiger partial charge on any atom is -0.381 e. The highest BCUT2D eigenvalue weighted by Gasteiger charge is 2.16. The molecule has 0 saturated carbocycles. The molecule has 3 heterocycles. The molecule has 1 saturated heterocycles. The van der Waals surface area contributed by atoms with Crippen LogP contribution >= 0.6 is 11.6 Å². The first-order valence-corrected chi connectivity index (χ1v) is 10.2. The van der Waals surface area contributed by atoms with Crippen molar-refractivity contribution in [3.05, 3.63) is 76.8 Å². The van der Waals surface area contributed by atoms with E-state index in [-0.39, 0.29) is 13.2 Å². The van der Waals surface area contributed by atoms with Crippen molar-refractivity contribution in [3.63, 3.8) is 0 Å². The van der Waals surface area contributed by atoms with E-state index in [4.69, 9.17) is 16.3 Å². The number of halogens is 2. The molecule has 0 bridgehead atoms. The lowest BCUT2D eigenvalue weighted by Crippen LogP contribution is -2.19. The number of hydrogen-bond donors (Lipinski definition) is 1. The summed E-state index contributed by atoms with van der Waals surface area (Å²) in [6, 6.07) is 14.3. The molecule has 1 aliphatic heterocycles. The molecule has 0 spiro atoms. The van der Waals surface area contributed by atoms with Gasteiger partial charge in [-0.15, -0.1) is 0 Å². The number of benzene rings is 1. The van der Waals surface area contributed by atoms with E-state index in [9.17, 15) is 4.39 Å². The van der Waals surface area contributed by atoms with Crippen LogP contribution < -0.4 is 5.32 Å². The molecule has 4 rings (SSSR count). The summed E-state index contributed by atoms with van der Waals surface area (Å²) in [6.45, 7) is 2.14. The molecule has 30 heavy (non-hydrogen) atoms. The predicted octanol–water partition coefficient (Wildman–Crippen LogP) is 6.15. The van der Waals surface area contributed by atoms with Gasteiger partial charge < -0.3 is 10.1 Å². The van der Waals surface area contributed by atoms with Gasteiger partial charge in [-0.1, -0.05) is 37.2 Å². The number of anilines is 1. The second kappa shape index (κ2) is 10.5. The first-order chi connectivity index (χ1) is 14.2. The van der Waals surface area contributed by atoms with Crippen LogP contribution in [-0.4, -0.2) is 23.2 Å². The van der Waals surface area contributed by atoms with Crippen molar-refractivity contribution < 1.29 is 9.13 Å². The first-order valence-electron chi connectivity index (χ1n) is 9.85. The van der Waals surface area contributed by atoms with Gasteiger partial charge in [-0.2, -0.15) is 0 Å². The molecule has 3 aromatic rings. The average molecular weight is 428 g/mol. The van der Waals surface area contributed by atoms with Crippen molar-refractivity contribution in [3.8, 4) is 11.3 Å². The summed E-state index contributed by atoms with van der Waals surface area (Å²) < 4.78 is 18.9. The summed E-state index contributed by atoms with van der Waals surface area (Å²) in [6.07, 6.45) is 4.84. The number of hydrogen-bond acceptors (Lipinski definition) is 4. The van der Waals surface area contributed by atoms with Gasteiger partial charge in [-0.25, -0.2) is 9.37 Å². The molecule has 1 N–H and O–H groups in total. The van der Waals surface area contributed by atoms with Crippen LogP contribution in [0.25, 0.3) is 11.3 Å². The van der Waals surface area contributed by atoms with Gasteiger partial charge >= 0.3 is 0 Å². The molecule has 1 aromatic carbocycles. The molecule has 2 aromatic heterocycles. The van der Waals surface area contributed by atoms with Crippen molar-refractivity contribution in [2.75, 3.05) is 18.5 Å². The van der Waals surface area contributed by atoms with Gasteiger partial charge in [0.25, 0.3) is 0 Å². The minimum absolute atomic E-state index is 0. The maximum absolute atomic E-state index is 13.4. The second-order valence-corrected chi connectivity index (χ2v) is 7.74. The number of nitrogens with zero attached hydrogens (tertiary/aromatic N) is 2. The number of rotatable bonds is 6. The Kier molecular flexibility index (Phi) is 7.77. The molecular weight excluding hydrogens is 401 g/mol. The van der Waals surface area contributed by atoms with Crippen molar-refractivity contribution in [1.82, 2.24) is 9.97 Å². The third kappa shape index (κ3) is 5.77. The number of ether oxygens (including phenoxy) is 1. The largest absolute Gasteiger partial charge is 0.381 e. The van der Waals surface area contributed by atoms with Gasteiger partial charge in [0.05, 0.1) is 10.7 Å². The fourth-order valence-corrected chi connectivity index (χ4v) is 3.78. The molecule has 6 heteroatoms. The van der Waals surface area contributed by atoms with Crippen LogP contribution in [0.1, 0.15) is 31.5 Å². The van der Waals surface area contributed by atoms with E-state index in [0.29, 0.717) is 23.3 Å². The molecular formula is C24H27ClFN3O. The van der Waals surface area contributed by atoms with Crippen LogP contribution in [0.15, 0.2) is 54.7 Å². The van der Waals surface area contributed by atoms with E-state index in [1.165, 1.54) is 12.1 Å². The number of nitrogens with one attached hydrogen (secondary N) is 1. The van der Waals surface area contributed by atoms with Crippen molar-refractivity contribution >= 4 is 17.4 Å². The first kappa shape index (κ1) is 22.2. The van der Waals surface area contributed by atoms with E-state index in [1.54, 1.807) is 12.3 Å². The third-order valence-corrected chi connectivity index (χ3v) is 5.35. The monoisotopic (exact) mass is 427 g/mol. The summed E-state index contributed by atoms with van der Waals surface area (Å²) in [5.74, 6) is 0.963. The topological polar surface area (TPSA) is 47.0 Å². The highest BCUT2D eigenvalue weighted by molar-refractivity contribution is 6.33.